The maximum absolute atomic E-state index is 12.4. The molecule has 0 aliphatic carbocycles. The summed E-state index contributed by atoms with van der Waals surface area (Å²) in [6.07, 6.45) is 1.55. The van der Waals surface area contributed by atoms with E-state index in [1.54, 1.807) is 10.9 Å². The van der Waals surface area contributed by atoms with Gasteiger partial charge in [0.05, 0.1) is 11.9 Å². The Morgan fingerprint density at radius 3 is 2.77 bits per heavy atom. The molecule has 26 heavy (non-hydrogen) atoms. The molecule has 0 atom stereocenters. The van der Waals surface area contributed by atoms with Gasteiger partial charge in [-0.1, -0.05) is 47.6 Å². The van der Waals surface area contributed by atoms with Crippen molar-refractivity contribution in [1.82, 2.24) is 19.7 Å². The van der Waals surface area contributed by atoms with Crippen LogP contribution in [0.15, 0.2) is 64.7 Å². The van der Waals surface area contributed by atoms with Crippen LogP contribution in [0, 0.1) is 6.92 Å². The molecule has 5 nitrogen and oxygen atoms in total. The zero-order valence-electron chi connectivity index (χ0n) is 13.9. The number of fused-ring (bicyclic) bond motifs is 1. The molecule has 0 amide bonds. The van der Waals surface area contributed by atoms with Crippen LogP contribution in [0.1, 0.15) is 11.1 Å². The van der Waals surface area contributed by atoms with Crippen molar-refractivity contribution >= 4 is 34.4 Å². The van der Waals surface area contributed by atoms with E-state index in [1.165, 1.54) is 11.8 Å². The van der Waals surface area contributed by atoms with Crippen LogP contribution >= 0.6 is 23.4 Å². The number of nitrogens with zero attached hydrogens (tertiary/aromatic N) is 3. The minimum atomic E-state index is -0.187. The molecule has 4 rings (SSSR count). The second kappa shape index (κ2) is 6.97. The molecule has 0 saturated heterocycles. The summed E-state index contributed by atoms with van der Waals surface area (Å²) in [4.78, 5) is 19.8. The van der Waals surface area contributed by atoms with Crippen LogP contribution in [-0.4, -0.2) is 19.7 Å². The van der Waals surface area contributed by atoms with E-state index in [2.05, 4.69) is 15.1 Å². The highest BCUT2D eigenvalue weighted by Gasteiger charge is 2.12. The number of aryl methyl sites for hydroxylation is 1. The second-order valence-electron chi connectivity index (χ2n) is 5.92. The van der Waals surface area contributed by atoms with Gasteiger partial charge in [0.15, 0.2) is 10.8 Å². The number of aromatic nitrogens is 4. The number of H-pyrrole nitrogens is 1. The van der Waals surface area contributed by atoms with Crippen molar-refractivity contribution in [2.24, 2.45) is 0 Å². The van der Waals surface area contributed by atoms with E-state index in [9.17, 15) is 4.79 Å². The fraction of sp³-hybridized carbons (Fsp3) is 0.105. The molecule has 0 bridgehead atoms. The van der Waals surface area contributed by atoms with Gasteiger partial charge in [-0.2, -0.15) is 5.10 Å². The van der Waals surface area contributed by atoms with Crippen LogP contribution in [0.4, 0.5) is 0 Å². The van der Waals surface area contributed by atoms with Crippen LogP contribution in [-0.2, 0) is 5.75 Å². The average Bonchev–Trinajstić information content (AvgIpc) is 3.06. The first-order valence-electron chi connectivity index (χ1n) is 8.02. The molecule has 0 aliphatic rings. The SMILES string of the molecule is Cc1cccc(-n2ncc3c(=O)[nH]c(SCc4ccc(Cl)cc4)nc32)c1. The van der Waals surface area contributed by atoms with E-state index < -0.39 is 0 Å². The van der Waals surface area contributed by atoms with Crippen molar-refractivity contribution in [2.75, 3.05) is 0 Å². The largest absolute Gasteiger partial charge is 0.301 e. The second-order valence-corrected chi connectivity index (χ2v) is 7.32. The third-order valence-corrected chi connectivity index (χ3v) is 5.15. The van der Waals surface area contributed by atoms with E-state index in [1.807, 2.05) is 55.5 Å². The van der Waals surface area contributed by atoms with Crippen LogP contribution in [0.25, 0.3) is 16.7 Å². The molecule has 130 valence electrons. The Morgan fingerprint density at radius 1 is 1.19 bits per heavy atom. The Balaban J connectivity index is 1.69. The highest BCUT2D eigenvalue weighted by molar-refractivity contribution is 7.98. The number of hydrogen-bond donors (Lipinski definition) is 1. The molecule has 4 aromatic rings. The topological polar surface area (TPSA) is 63.6 Å². The van der Waals surface area contributed by atoms with E-state index in [0.717, 1.165) is 16.8 Å². The summed E-state index contributed by atoms with van der Waals surface area (Å²) in [5.74, 6) is 0.685. The number of nitrogens with one attached hydrogen (secondary N) is 1. The smallest absolute Gasteiger partial charge is 0.262 e. The molecule has 2 aromatic carbocycles. The highest BCUT2D eigenvalue weighted by atomic mass is 35.5. The lowest BCUT2D eigenvalue weighted by Gasteiger charge is -2.05. The Morgan fingerprint density at radius 2 is 2.00 bits per heavy atom. The normalized spacial score (nSPS) is 11.2. The minimum absolute atomic E-state index is 0.187. The third-order valence-electron chi connectivity index (χ3n) is 3.95. The lowest BCUT2D eigenvalue weighted by atomic mass is 10.2. The Labute approximate surface area is 159 Å². The van der Waals surface area contributed by atoms with E-state index in [4.69, 9.17) is 11.6 Å². The summed E-state index contributed by atoms with van der Waals surface area (Å²) < 4.78 is 1.70. The van der Waals surface area contributed by atoms with Gasteiger partial charge in [0.2, 0.25) is 0 Å². The zero-order chi connectivity index (χ0) is 18.1. The van der Waals surface area contributed by atoms with Crippen LogP contribution in [0.3, 0.4) is 0 Å². The van der Waals surface area contributed by atoms with Gasteiger partial charge in [-0.3, -0.25) is 4.79 Å². The van der Waals surface area contributed by atoms with Gasteiger partial charge in [0.1, 0.15) is 5.39 Å². The van der Waals surface area contributed by atoms with E-state index >= 15 is 0 Å². The molecule has 7 heteroatoms. The molecule has 0 spiro atoms. The number of thioether (sulfide) groups is 1. The van der Waals surface area contributed by atoms with Gasteiger partial charge in [0.25, 0.3) is 5.56 Å². The number of rotatable bonds is 4. The van der Waals surface area contributed by atoms with Crippen molar-refractivity contribution in [1.29, 1.82) is 0 Å². The molecular weight excluding hydrogens is 368 g/mol. The maximum atomic E-state index is 12.4. The number of benzene rings is 2. The van der Waals surface area contributed by atoms with Gasteiger partial charge < -0.3 is 4.98 Å². The molecule has 1 N–H and O–H groups in total. The standard InChI is InChI=1S/C19H15ClN4OS/c1-12-3-2-4-15(9-12)24-17-16(10-21-24)18(25)23-19(22-17)26-11-13-5-7-14(20)8-6-13/h2-10H,11H2,1H3,(H,22,23,25). The number of aromatic amines is 1. The Bertz CT molecular complexity index is 1130. The lowest BCUT2D eigenvalue weighted by molar-refractivity contribution is 0.872. The number of halogens is 1. The van der Waals surface area contributed by atoms with Gasteiger partial charge in [0, 0.05) is 10.8 Å². The van der Waals surface area contributed by atoms with E-state index in [-0.39, 0.29) is 5.56 Å². The molecule has 0 unspecified atom stereocenters. The molecule has 0 saturated carbocycles. The molecule has 0 aliphatic heterocycles. The Hall–Kier alpha value is -2.57. The van der Waals surface area contributed by atoms with Crippen molar-refractivity contribution < 1.29 is 0 Å². The fourth-order valence-corrected chi connectivity index (χ4v) is 3.59. The van der Waals surface area contributed by atoms with Gasteiger partial charge in [-0.05, 0) is 42.3 Å². The van der Waals surface area contributed by atoms with Crippen LogP contribution in [0.5, 0.6) is 0 Å². The molecular formula is C19H15ClN4OS. The average molecular weight is 383 g/mol. The van der Waals surface area contributed by atoms with Gasteiger partial charge >= 0.3 is 0 Å². The molecule has 0 radical (unpaired) electrons. The third kappa shape index (κ3) is 3.38. The quantitative estimate of drug-likeness (QED) is 0.420. The van der Waals surface area contributed by atoms with Crippen molar-refractivity contribution in [3.05, 3.63) is 81.2 Å². The van der Waals surface area contributed by atoms with Crippen molar-refractivity contribution in [3.63, 3.8) is 0 Å². The summed E-state index contributed by atoms with van der Waals surface area (Å²) in [6, 6.07) is 15.6. The first-order valence-corrected chi connectivity index (χ1v) is 9.39. The summed E-state index contributed by atoms with van der Waals surface area (Å²) in [7, 11) is 0. The van der Waals surface area contributed by atoms with Gasteiger partial charge in [-0.15, -0.1) is 0 Å². The Kier molecular flexibility index (Phi) is 4.53. The van der Waals surface area contributed by atoms with E-state index in [0.29, 0.717) is 27.0 Å². The van der Waals surface area contributed by atoms with Crippen LogP contribution in [0.2, 0.25) is 5.02 Å². The van der Waals surface area contributed by atoms with Crippen molar-refractivity contribution in [3.8, 4) is 5.69 Å². The van der Waals surface area contributed by atoms with Crippen LogP contribution < -0.4 is 5.56 Å². The maximum Gasteiger partial charge on any atom is 0.262 e. The molecule has 2 heterocycles. The first-order chi connectivity index (χ1) is 12.6. The highest BCUT2D eigenvalue weighted by Crippen LogP contribution is 2.22. The summed E-state index contributed by atoms with van der Waals surface area (Å²) in [5, 5.41) is 6.09. The summed E-state index contributed by atoms with van der Waals surface area (Å²) in [5.41, 5.74) is 3.47. The molecule has 2 aromatic heterocycles. The summed E-state index contributed by atoms with van der Waals surface area (Å²) in [6.45, 7) is 2.02. The monoisotopic (exact) mass is 382 g/mol. The first kappa shape index (κ1) is 16.9. The predicted octanol–water partition coefficient (Wildman–Crippen LogP) is 4.36. The predicted molar refractivity (Wildman–Crippen MR) is 105 cm³/mol. The summed E-state index contributed by atoms with van der Waals surface area (Å²) >= 11 is 7.38. The fourth-order valence-electron chi connectivity index (χ4n) is 2.65. The molecule has 0 fully saturated rings. The zero-order valence-corrected chi connectivity index (χ0v) is 15.5. The lowest BCUT2D eigenvalue weighted by Crippen LogP contribution is -2.09. The minimum Gasteiger partial charge on any atom is -0.301 e. The number of hydrogen-bond acceptors (Lipinski definition) is 4. The van der Waals surface area contributed by atoms with Crippen molar-refractivity contribution in [2.45, 2.75) is 17.8 Å². The van der Waals surface area contributed by atoms with Gasteiger partial charge in [-0.25, -0.2) is 9.67 Å².